The van der Waals surface area contributed by atoms with Gasteiger partial charge in [-0.25, -0.2) is 0 Å². The molecule has 4 aliphatic heterocycles. The number of anilines is 2. The van der Waals surface area contributed by atoms with E-state index in [1.807, 2.05) is 0 Å². The van der Waals surface area contributed by atoms with Gasteiger partial charge in [0.2, 0.25) is 0 Å². The molecule has 2 saturated carbocycles. The summed E-state index contributed by atoms with van der Waals surface area (Å²) in [6, 6.07) is 17.9. The van der Waals surface area contributed by atoms with Crippen molar-refractivity contribution in [2.45, 2.75) is 62.3 Å². The first-order valence-corrected chi connectivity index (χ1v) is 17.1. The van der Waals surface area contributed by atoms with E-state index >= 15 is 0 Å². The molecule has 0 aromatic heterocycles. The van der Waals surface area contributed by atoms with Crippen LogP contribution in [0, 0.1) is 11.3 Å². The zero-order valence-corrected chi connectivity index (χ0v) is 26.7. The predicted octanol–water partition coefficient (Wildman–Crippen LogP) is 5.31. The molecule has 0 amide bonds. The van der Waals surface area contributed by atoms with Crippen molar-refractivity contribution in [1.82, 2.24) is 9.80 Å². The number of halogens is 3. The van der Waals surface area contributed by atoms with Crippen LogP contribution in [0.2, 0.25) is 0 Å². The molecule has 6 nitrogen and oxygen atoms in total. The topological polar surface area (TPSA) is 31.4 Å². The van der Waals surface area contributed by atoms with Gasteiger partial charge in [0.05, 0.1) is 32.0 Å². The molecular formula is C36H47F3N4O2. The molecule has 2 aromatic carbocycles. The SMILES string of the molecule is CCN1C[C@H]2C[C@@]2(c2ccc(N3C[C@@H](CC45CN(CC(F)(F)F)CC4(c4ccc(N6CCOCC6)cc4)C5)O[C@H](C)C3)cc2)C1. The molecule has 0 spiro atoms. The summed E-state index contributed by atoms with van der Waals surface area (Å²) in [5.74, 6) is 0.799. The highest BCUT2D eigenvalue weighted by Crippen LogP contribution is 2.71. The van der Waals surface area contributed by atoms with Crippen molar-refractivity contribution in [3.8, 4) is 0 Å². The Labute approximate surface area is 265 Å². The smallest absolute Gasteiger partial charge is 0.378 e. The minimum Gasteiger partial charge on any atom is -0.378 e. The van der Waals surface area contributed by atoms with Gasteiger partial charge < -0.3 is 24.2 Å². The zero-order chi connectivity index (χ0) is 31.0. The van der Waals surface area contributed by atoms with Crippen LogP contribution in [0.3, 0.4) is 0 Å². The number of nitrogens with zero attached hydrogens (tertiary/aromatic N) is 4. The molecular weight excluding hydrogens is 577 g/mol. The van der Waals surface area contributed by atoms with Gasteiger partial charge in [-0.05, 0) is 79.5 Å². The number of ether oxygens (including phenoxy) is 2. The molecule has 0 bridgehead atoms. The fraction of sp³-hybridized carbons (Fsp3) is 0.667. The van der Waals surface area contributed by atoms with Crippen LogP contribution in [0.1, 0.15) is 44.2 Å². The van der Waals surface area contributed by atoms with Crippen molar-refractivity contribution in [2.75, 3.05) is 88.5 Å². The molecule has 8 rings (SSSR count). The molecule has 0 radical (unpaired) electrons. The first-order chi connectivity index (χ1) is 21.6. The fourth-order valence-electron chi connectivity index (χ4n) is 9.92. The Morgan fingerprint density at radius 3 is 2.18 bits per heavy atom. The lowest BCUT2D eigenvalue weighted by molar-refractivity contribution is -0.145. The lowest BCUT2D eigenvalue weighted by atomic mass is 9.84. The van der Waals surface area contributed by atoms with E-state index in [9.17, 15) is 13.2 Å². The van der Waals surface area contributed by atoms with E-state index in [1.165, 1.54) is 36.3 Å². The van der Waals surface area contributed by atoms with E-state index in [0.29, 0.717) is 18.5 Å². The van der Waals surface area contributed by atoms with Gasteiger partial charge in [-0.3, -0.25) is 4.90 Å². The average molecular weight is 625 g/mol. The molecule has 6 atom stereocenters. The van der Waals surface area contributed by atoms with Crippen molar-refractivity contribution in [2.24, 2.45) is 11.3 Å². The summed E-state index contributed by atoms with van der Waals surface area (Å²) in [6.07, 6.45) is -1.15. The van der Waals surface area contributed by atoms with Gasteiger partial charge in [0, 0.05) is 74.6 Å². The lowest BCUT2D eigenvalue weighted by Gasteiger charge is -2.40. The average Bonchev–Trinajstić information content (AvgIpc) is 3.79. The first kappa shape index (κ1) is 30.0. The molecule has 2 unspecified atom stereocenters. The molecule has 244 valence electrons. The van der Waals surface area contributed by atoms with E-state index in [4.69, 9.17) is 9.47 Å². The fourth-order valence-corrected chi connectivity index (χ4v) is 9.92. The minimum atomic E-state index is -4.20. The number of likely N-dealkylation sites (N-methyl/N-ethyl adjacent to an activating group) is 1. The first-order valence-electron chi connectivity index (χ1n) is 17.1. The van der Waals surface area contributed by atoms with Gasteiger partial charge in [0.15, 0.2) is 0 Å². The molecule has 0 N–H and O–H groups in total. The molecule has 9 heteroatoms. The number of alkyl halides is 3. The van der Waals surface area contributed by atoms with E-state index in [1.54, 1.807) is 4.90 Å². The summed E-state index contributed by atoms with van der Waals surface area (Å²) in [5, 5.41) is 0. The number of fused-ring (bicyclic) bond motifs is 2. The number of morpholine rings is 2. The second-order valence-electron chi connectivity index (χ2n) is 15.1. The number of likely N-dealkylation sites (tertiary alicyclic amines) is 2. The third kappa shape index (κ3) is 5.35. The van der Waals surface area contributed by atoms with Crippen LogP contribution in [0.5, 0.6) is 0 Å². The molecule has 4 heterocycles. The van der Waals surface area contributed by atoms with Crippen molar-refractivity contribution in [3.63, 3.8) is 0 Å². The minimum absolute atomic E-state index is 0.0203. The van der Waals surface area contributed by atoms with E-state index < -0.39 is 12.7 Å². The number of hydrogen-bond donors (Lipinski definition) is 0. The highest BCUT2D eigenvalue weighted by atomic mass is 19.4. The van der Waals surface area contributed by atoms with Crippen molar-refractivity contribution < 1.29 is 22.6 Å². The molecule has 2 aliphatic carbocycles. The monoisotopic (exact) mass is 624 g/mol. The van der Waals surface area contributed by atoms with Crippen LogP contribution in [0.4, 0.5) is 24.5 Å². The maximum absolute atomic E-state index is 13.6. The number of benzene rings is 2. The third-order valence-corrected chi connectivity index (χ3v) is 12.2. The zero-order valence-electron chi connectivity index (χ0n) is 26.7. The Morgan fingerprint density at radius 1 is 0.822 bits per heavy atom. The van der Waals surface area contributed by atoms with Crippen LogP contribution >= 0.6 is 0 Å². The standard InChI is InChI=1S/C36H47F3N4O2/c1-3-40-19-29-16-34(29,23-40)27-4-8-31(9-5-27)43-18-26(2)45-32(20-43)17-33-21-35(33,24-41(22-33)25-36(37,38)39)28-6-10-30(11-7-28)42-12-14-44-15-13-42/h4-11,26,29,32H,3,12-25H2,1-2H3/t26-,29-,32-,33?,34+,35?/m1/s1. The van der Waals surface area contributed by atoms with Crippen LogP contribution in [0.25, 0.3) is 0 Å². The van der Waals surface area contributed by atoms with E-state index in [2.05, 4.69) is 77.1 Å². The van der Waals surface area contributed by atoms with E-state index in [0.717, 1.165) is 70.4 Å². The highest BCUT2D eigenvalue weighted by molar-refractivity contribution is 5.53. The summed E-state index contributed by atoms with van der Waals surface area (Å²) in [4.78, 5) is 8.99. The normalized spacial score (nSPS) is 36.7. The molecule has 45 heavy (non-hydrogen) atoms. The van der Waals surface area contributed by atoms with Gasteiger partial charge in [0.1, 0.15) is 0 Å². The van der Waals surface area contributed by atoms with Gasteiger partial charge in [-0.1, -0.05) is 31.2 Å². The molecule has 6 aliphatic rings. The largest absolute Gasteiger partial charge is 0.401 e. The Bertz CT molecular complexity index is 1380. The maximum atomic E-state index is 13.6. The summed E-state index contributed by atoms with van der Waals surface area (Å²) in [5.41, 5.74) is 4.92. The summed E-state index contributed by atoms with van der Waals surface area (Å²) >= 11 is 0. The van der Waals surface area contributed by atoms with Crippen molar-refractivity contribution in [1.29, 1.82) is 0 Å². The van der Waals surface area contributed by atoms with Crippen molar-refractivity contribution in [3.05, 3.63) is 59.7 Å². The Morgan fingerprint density at radius 2 is 1.51 bits per heavy atom. The Balaban J connectivity index is 0.991. The van der Waals surface area contributed by atoms with Crippen LogP contribution < -0.4 is 9.80 Å². The second kappa shape index (κ2) is 10.9. The molecule has 2 aromatic rings. The summed E-state index contributed by atoms with van der Waals surface area (Å²) in [6.45, 7) is 12.8. The van der Waals surface area contributed by atoms with Crippen LogP contribution in [0.15, 0.2) is 48.5 Å². The lowest BCUT2D eigenvalue weighted by Crippen LogP contribution is -2.48. The van der Waals surface area contributed by atoms with Gasteiger partial charge in [-0.15, -0.1) is 0 Å². The molecule has 4 saturated heterocycles. The summed E-state index contributed by atoms with van der Waals surface area (Å²) in [7, 11) is 0. The Hall–Kier alpha value is -2.33. The Kier molecular flexibility index (Phi) is 7.25. The van der Waals surface area contributed by atoms with Crippen molar-refractivity contribution >= 4 is 11.4 Å². The van der Waals surface area contributed by atoms with Gasteiger partial charge in [-0.2, -0.15) is 13.2 Å². The van der Waals surface area contributed by atoms with Gasteiger partial charge in [0.25, 0.3) is 0 Å². The number of rotatable bonds is 8. The maximum Gasteiger partial charge on any atom is 0.401 e. The van der Waals surface area contributed by atoms with Crippen LogP contribution in [-0.2, 0) is 20.3 Å². The quantitative estimate of drug-likeness (QED) is 0.396. The van der Waals surface area contributed by atoms with Crippen LogP contribution in [-0.4, -0.2) is 107 Å². The second-order valence-corrected chi connectivity index (χ2v) is 15.1. The summed E-state index contributed by atoms with van der Waals surface area (Å²) < 4.78 is 52.9. The van der Waals surface area contributed by atoms with E-state index in [-0.39, 0.29) is 23.0 Å². The number of piperidine rings is 2. The number of hydrogen-bond acceptors (Lipinski definition) is 6. The predicted molar refractivity (Wildman–Crippen MR) is 170 cm³/mol. The third-order valence-electron chi connectivity index (χ3n) is 12.2. The highest BCUT2D eigenvalue weighted by Gasteiger charge is 2.73. The molecule has 6 fully saturated rings. The van der Waals surface area contributed by atoms with Gasteiger partial charge >= 0.3 is 6.18 Å².